The highest BCUT2D eigenvalue weighted by atomic mass is 16.1. The van der Waals surface area contributed by atoms with Crippen LogP contribution in [0.5, 0.6) is 0 Å². The van der Waals surface area contributed by atoms with Crippen LogP contribution in [0.25, 0.3) is 0 Å². The Labute approximate surface area is 82.8 Å². The van der Waals surface area contributed by atoms with Gasteiger partial charge in [-0.05, 0) is 5.92 Å². The predicted molar refractivity (Wildman–Crippen MR) is 52.4 cm³/mol. The molecule has 74 valence electrons. The van der Waals surface area contributed by atoms with Gasteiger partial charge in [-0.3, -0.25) is 9.36 Å². The summed E-state index contributed by atoms with van der Waals surface area (Å²) in [5, 5.41) is 8.86. The zero-order valence-corrected chi connectivity index (χ0v) is 8.34. The Kier molecular flexibility index (Phi) is 3.41. The van der Waals surface area contributed by atoms with E-state index in [2.05, 4.69) is 11.1 Å². The van der Waals surface area contributed by atoms with Crippen LogP contribution in [-0.2, 0) is 6.54 Å². The third-order valence-electron chi connectivity index (χ3n) is 2.16. The summed E-state index contributed by atoms with van der Waals surface area (Å²) in [6.45, 7) is 4.35. The van der Waals surface area contributed by atoms with E-state index in [1.807, 2.05) is 13.8 Å². The van der Waals surface area contributed by atoms with Crippen molar-refractivity contribution >= 4 is 0 Å². The van der Waals surface area contributed by atoms with Gasteiger partial charge in [-0.25, -0.2) is 4.98 Å². The first-order chi connectivity index (χ1) is 6.65. The van der Waals surface area contributed by atoms with Gasteiger partial charge in [-0.15, -0.1) is 0 Å². The molecule has 1 atom stereocenters. The van der Waals surface area contributed by atoms with Gasteiger partial charge in [0.25, 0.3) is 5.56 Å². The largest absolute Gasteiger partial charge is 0.298 e. The van der Waals surface area contributed by atoms with Crippen LogP contribution >= 0.6 is 0 Å². The molecule has 1 aromatic rings. The highest BCUT2D eigenvalue weighted by molar-refractivity contribution is 4.89. The van der Waals surface area contributed by atoms with E-state index in [0.717, 1.165) is 0 Å². The molecular formula is C10H13N3O. The average Bonchev–Trinajstić information content (AvgIpc) is 2.16. The highest BCUT2D eigenvalue weighted by Crippen LogP contribution is 2.10. The second-order valence-corrected chi connectivity index (χ2v) is 3.55. The molecule has 0 spiro atoms. The van der Waals surface area contributed by atoms with Crippen molar-refractivity contribution in [3.05, 3.63) is 28.9 Å². The summed E-state index contributed by atoms with van der Waals surface area (Å²) in [7, 11) is 0. The van der Waals surface area contributed by atoms with Gasteiger partial charge in [0.1, 0.15) is 0 Å². The monoisotopic (exact) mass is 191 g/mol. The molecule has 14 heavy (non-hydrogen) atoms. The molecule has 0 radical (unpaired) electrons. The maximum absolute atomic E-state index is 11.3. The summed E-state index contributed by atoms with van der Waals surface area (Å²) in [5.41, 5.74) is -0.110. The molecule has 0 amide bonds. The van der Waals surface area contributed by atoms with Crippen LogP contribution in [0.2, 0.25) is 0 Å². The van der Waals surface area contributed by atoms with E-state index >= 15 is 0 Å². The van der Waals surface area contributed by atoms with Gasteiger partial charge in [0.2, 0.25) is 0 Å². The van der Waals surface area contributed by atoms with Crippen LogP contribution < -0.4 is 5.56 Å². The van der Waals surface area contributed by atoms with Crippen molar-refractivity contribution in [1.82, 2.24) is 9.55 Å². The molecule has 0 aliphatic carbocycles. The predicted octanol–water partition coefficient (Wildman–Crippen LogP) is 1.04. The topological polar surface area (TPSA) is 58.7 Å². The first-order valence-electron chi connectivity index (χ1n) is 4.55. The first kappa shape index (κ1) is 10.5. The molecule has 0 N–H and O–H groups in total. The number of hydrogen-bond donors (Lipinski definition) is 0. The van der Waals surface area contributed by atoms with E-state index in [9.17, 15) is 4.79 Å². The fourth-order valence-electron chi connectivity index (χ4n) is 1.13. The van der Waals surface area contributed by atoms with Crippen LogP contribution in [0.1, 0.15) is 13.8 Å². The SMILES string of the molecule is CC(C)C(C#N)Cn1cnccc1=O. The number of nitriles is 1. The number of nitrogens with zero attached hydrogens (tertiary/aromatic N) is 3. The maximum Gasteiger partial charge on any atom is 0.253 e. The lowest BCUT2D eigenvalue weighted by molar-refractivity contribution is 0.407. The summed E-state index contributed by atoms with van der Waals surface area (Å²) in [4.78, 5) is 15.2. The maximum atomic E-state index is 11.3. The minimum absolute atomic E-state index is 0.110. The fourth-order valence-corrected chi connectivity index (χ4v) is 1.13. The lowest BCUT2D eigenvalue weighted by atomic mass is 9.97. The summed E-state index contributed by atoms with van der Waals surface area (Å²) in [6, 6.07) is 3.59. The van der Waals surface area contributed by atoms with Gasteiger partial charge in [0, 0.05) is 18.8 Å². The van der Waals surface area contributed by atoms with E-state index in [0.29, 0.717) is 6.54 Å². The third-order valence-corrected chi connectivity index (χ3v) is 2.16. The van der Waals surface area contributed by atoms with Crippen molar-refractivity contribution in [2.45, 2.75) is 20.4 Å². The Morgan fingerprint density at radius 1 is 1.64 bits per heavy atom. The lowest BCUT2D eigenvalue weighted by Crippen LogP contribution is -2.24. The van der Waals surface area contributed by atoms with Gasteiger partial charge < -0.3 is 0 Å². The molecule has 1 aromatic heterocycles. The third kappa shape index (κ3) is 2.43. The Hall–Kier alpha value is -1.63. The zero-order chi connectivity index (χ0) is 10.6. The van der Waals surface area contributed by atoms with Gasteiger partial charge in [0.05, 0.1) is 18.3 Å². The van der Waals surface area contributed by atoms with Crippen LogP contribution in [-0.4, -0.2) is 9.55 Å². The molecule has 0 aliphatic heterocycles. The number of hydrogen-bond acceptors (Lipinski definition) is 3. The molecule has 1 unspecified atom stereocenters. The summed E-state index contributed by atoms with van der Waals surface area (Å²) < 4.78 is 1.47. The van der Waals surface area contributed by atoms with Gasteiger partial charge in [0.15, 0.2) is 0 Å². The molecule has 0 saturated carbocycles. The molecule has 0 saturated heterocycles. The first-order valence-corrected chi connectivity index (χ1v) is 4.55. The molecule has 4 heteroatoms. The van der Waals surface area contributed by atoms with Gasteiger partial charge >= 0.3 is 0 Å². The smallest absolute Gasteiger partial charge is 0.253 e. The van der Waals surface area contributed by atoms with Gasteiger partial charge in [-0.1, -0.05) is 13.8 Å². The standard InChI is InChI=1S/C10H13N3O/c1-8(2)9(5-11)6-13-7-12-4-3-10(13)14/h3-4,7-9H,6H2,1-2H3. The van der Waals surface area contributed by atoms with Crippen LogP contribution in [0.4, 0.5) is 0 Å². The van der Waals surface area contributed by atoms with Gasteiger partial charge in [-0.2, -0.15) is 5.26 Å². The van der Waals surface area contributed by atoms with Crippen LogP contribution in [0.15, 0.2) is 23.4 Å². The summed E-state index contributed by atoms with van der Waals surface area (Å²) in [6.07, 6.45) is 2.92. The van der Waals surface area contributed by atoms with Crippen molar-refractivity contribution in [3.8, 4) is 6.07 Å². The quantitative estimate of drug-likeness (QED) is 0.717. The van der Waals surface area contributed by atoms with E-state index in [4.69, 9.17) is 5.26 Å². The zero-order valence-electron chi connectivity index (χ0n) is 8.34. The second-order valence-electron chi connectivity index (χ2n) is 3.55. The minimum atomic E-state index is -0.142. The second kappa shape index (κ2) is 4.56. The fraction of sp³-hybridized carbons (Fsp3) is 0.500. The highest BCUT2D eigenvalue weighted by Gasteiger charge is 2.13. The Morgan fingerprint density at radius 3 is 2.86 bits per heavy atom. The van der Waals surface area contributed by atoms with E-state index in [1.54, 1.807) is 0 Å². The van der Waals surface area contributed by atoms with Crippen molar-refractivity contribution < 1.29 is 0 Å². The number of aromatic nitrogens is 2. The van der Waals surface area contributed by atoms with Crippen LogP contribution in [0.3, 0.4) is 0 Å². The molecule has 0 bridgehead atoms. The number of rotatable bonds is 3. The summed E-state index contributed by atoms with van der Waals surface area (Å²) >= 11 is 0. The molecule has 1 rings (SSSR count). The minimum Gasteiger partial charge on any atom is -0.298 e. The Balaban J connectivity index is 2.84. The molecule has 1 heterocycles. The van der Waals surface area contributed by atoms with E-state index < -0.39 is 0 Å². The van der Waals surface area contributed by atoms with Crippen LogP contribution in [0, 0.1) is 23.2 Å². The molecular weight excluding hydrogens is 178 g/mol. The van der Waals surface area contributed by atoms with Crippen molar-refractivity contribution in [3.63, 3.8) is 0 Å². The lowest BCUT2D eigenvalue weighted by Gasteiger charge is -2.13. The Morgan fingerprint density at radius 2 is 2.36 bits per heavy atom. The normalized spacial score (nSPS) is 12.4. The van der Waals surface area contributed by atoms with Crippen molar-refractivity contribution in [2.75, 3.05) is 0 Å². The van der Waals surface area contributed by atoms with E-state index in [-0.39, 0.29) is 17.4 Å². The average molecular weight is 191 g/mol. The molecule has 0 aromatic carbocycles. The van der Waals surface area contributed by atoms with Crippen molar-refractivity contribution in [2.24, 2.45) is 11.8 Å². The summed E-state index contributed by atoms with van der Waals surface area (Å²) in [5.74, 6) is 0.101. The molecule has 0 aliphatic rings. The molecule has 4 nitrogen and oxygen atoms in total. The molecule has 0 fully saturated rings. The Bertz CT molecular complexity index is 389. The van der Waals surface area contributed by atoms with Crippen molar-refractivity contribution in [1.29, 1.82) is 5.26 Å². The van der Waals surface area contributed by atoms with E-state index in [1.165, 1.54) is 23.2 Å².